The third-order valence-corrected chi connectivity index (χ3v) is 3.70. The van der Waals surface area contributed by atoms with Gasteiger partial charge >= 0.3 is 0 Å². The third kappa shape index (κ3) is 4.29. The van der Waals surface area contributed by atoms with Crippen LogP contribution in [0.5, 0.6) is 0 Å². The van der Waals surface area contributed by atoms with Crippen molar-refractivity contribution >= 4 is 11.8 Å². The lowest BCUT2D eigenvalue weighted by Gasteiger charge is -2.29. The van der Waals surface area contributed by atoms with E-state index >= 15 is 0 Å². The summed E-state index contributed by atoms with van der Waals surface area (Å²) in [5.74, 6) is 0.222. The van der Waals surface area contributed by atoms with Gasteiger partial charge in [0.2, 0.25) is 5.91 Å². The Kier molecular flexibility index (Phi) is 5.33. The lowest BCUT2D eigenvalue weighted by Crippen LogP contribution is -2.53. The van der Waals surface area contributed by atoms with Crippen molar-refractivity contribution in [3.05, 3.63) is 35.9 Å². The number of hydrogen-bond acceptors (Lipinski definition) is 3. The summed E-state index contributed by atoms with van der Waals surface area (Å²) in [5.41, 5.74) is 0.569. The monoisotopic (exact) mass is 289 g/mol. The van der Waals surface area contributed by atoms with Gasteiger partial charge in [0.1, 0.15) is 6.04 Å². The molecular formula is C16H23N3O2. The van der Waals surface area contributed by atoms with Crippen molar-refractivity contribution in [2.45, 2.75) is 19.9 Å². The van der Waals surface area contributed by atoms with Gasteiger partial charge in [-0.1, -0.05) is 32.0 Å². The first-order valence-corrected chi connectivity index (χ1v) is 7.42. The Morgan fingerprint density at radius 1 is 1.24 bits per heavy atom. The van der Waals surface area contributed by atoms with Gasteiger partial charge in [-0.2, -0.15) is 0 Å². The fourth-order valence-electron chi connectivity index (χ4n) is 2.20. The molecule has 1 aromatic carbocycles. The topological polar surface area (TPSA) is 70.2 Å². The van der Waals surface area contributed by atoms with Gasteiger partial charge in [0, 0.05) is 31.1 Å². The van der Waals surface area contributed by atoms with Crippen LogP contribution in [0, 0.1) is 11.8 Å². The molecule has 1 fully saturated rings. The highest BCUT2D eigenvalue weighted by molar-refractivity contribution is 5.97. The standard InChI is InChI=1S/C16H23N3O2/c1-11(2)14(16(21)18-10-12-8-17-9-12)19-15(20)13-6-4-3-5-7-13/h3-7,11-12,14,17H,8-10H2,1-2H3,(H,18,21)(H,19,20). The number of nitrogens with one attached hydrogen (secondary N) is 3. The smallest absolute Gasteiger partial charge is 0.251 e. The molecule has 0 bridgehead atoms. The van der Waals surface area contributed by atoms with Crippen molar-refractivity contribution in [3.63, 3.8) is 0 Å². The van der Waals surface area contributed by atoms with Crippen molar-refractivity contribution in [1.82, 2.24) is 16.0 Å². The van der Waals surface area contributed by atoms with E-state index in [9.17, 15) is 9.59 Å². The molecule has 21 heavy (non-hydrogen) atoms. The molecule has 1 aliphatic heterocycles. The van der Waals surface area contributed by atoms with Crippen molar-refractivity contribution < 1.29 is 9.59 Å². The Balaban J connectivity index is 1.91. The molecule has 1 aromatic rings. The first-order valence-electron chi connectivity index (χ1n) is 7.42. The summed E-state index contributed by atoms with van der Waals surface area (Å²) >= 11 is 0. The van der Waals surface area contributed by atoms with Crippen LogP contribution in [-0.2, 0) is 4.79 Å². The zero-order chi connectivity index (χ0) is 15.2. The van der Waals surface area contributed by atoms with Crippen molar-refractivity contribution in [1.29, 1.82) is 0 Å². The van der Waals surface area contributed by atoms with Crippen molar-refractivity contribution in [2.24, 2.45) is 11.8 Å². The summed E-state index contributed by atoms with van der Waals surface area (Å²) in [5, 5.41) is 8.92. The zero-order valence-corrected chi connectivity index (χ0v) is 12.6. The normalized spacial score (nSPS) is 16.1. The maximum Gasteiger partial charge on any atom is 0.251 e. The van der Waals surface area contributed by atoms with Gasteiger partial charge in [-0.05, 0) is 18.1 Å². The molecule has 5 nitrogen and oxygen atoms in total. The highest BCUT2D eigenvalue weighted by Crippen LogP contribution is 2.06. The third-order valence-electron chi connectivity index (χ3n) is 3.70. The van der Waals surface area contributed by atoms with Gasteiger partial charge in [-0.3, -0.25) is 9.59 Å². The quantitative estimate of drug-likeness (QED) is 0.725. The molecule has 114 valence electrons. The van der Waals surface area contributed by atoms with Gasteiger partial charge in [0.15, 0.2) is 0 Å². The molecule has 2 rings (SSSR count). The highest BCUT2D eigenvalue weighted by atomic mass is 16.2. The number of rotatable bonds is 6. The summed E-state index contributed by atoms with van der Waals surface area (Å²) in [6.07, 6.45) is 0. The lowest BCUT2D eigenvalue weighted by atomic mass is 10.0. The fourth-order valence-corrected chi connectivity index (χ4v) is 2.20. The van der Waals surface area contributed by atoms with Crippen LogP contribution in [0.4, 0.5) is 0 Å². The second-order valence-electron chi connectivity index (χ2n) is 5.83. The molecule has 3 N–H and O–H groups in total. The molecule has 2 amide bonds. The second kappa shape index (κ2) is 7.22. The molecule has 1 aliphatic rings. The molecule has 0 saturated carbocycles. The van der Waals surface area contributed by atoms with Crippen LogP contribution in [0.3, 0.4) is 0 Å². The van der Waals surface area contributed by atoms with Crippen LogP contribution in [0.1, 0.15) is 24.2 Å². The van der Waals surface area contributed by atoms with E-state index in [1.807, 2.05) is 32.0 Å². The zero-order valence-electron chi connectivity index (χ0n) is 12.6. The number of carbonyl (C=O) groups excluding carboxylic acids is 2. The van der Waals surface area contributed by atoms with Gasteiger partial charge in [-0.15, -0.1) is 0 Å². The molecule has 1 heterocycles. The Labute approximate surface area is 125 Å². The fraction of sp³-hybridized carbons (Fsp3) is 0.500. The first-order chi connectivity index (χ1) is 10.1. The van der Waals surface area contributed by atoms with E-state index in [2.05, 4.69) is 16.0 Å². The summed E-state index contributed by atoms with van der Waals surface area (Å²) in [6.45, 7) is 6.42. The maximum absolute atomic E-state index is 12.2. The van der Waals surface area contributed by atoms with E-state index in [0.717, 1.165) is 13.1 Å². The predicted molar refractivity (Wildman–Crippen MR) is 81.9 cm³/mol. The van der Waals surface area contributed by atoms with Crippen molar-refractivity contribution in [2.75, 3.05) is 19.6 Å². The van der Waals surface area contributed by atoms with Gasteiger partial charge in [-0.25, -0.2) is 0 Å². The van der Waals surface area contributed by atoms with E-state index in [-0.39, 0.29) is 17.7 Å². The van der Waals surface area contributed by atoms with Crippen LogP contribution in [0.15, 0.2) is 30.3 Å². The highest BCUT2D eigenvalue weighted by Gasteiger charge is 2.26. The first kappa shape index (κ1) is 15.5. The van der Waals surface area contributed by atoms with E-state index in [4.69, 9.17) is 0 Å². The van der Waals surface area contributed by atoms with Crippen molar-refractivity contribution in [3.8, 4) is 0 Å². The molecule has 1 unspecified atom stereocenters. The van der Waals surface area contributed by atoms with Gasteiger partial charge < -0.3 is 16.0 Å². The minimum Gasteiger partial charge on any atom is -0.354 e. The van der Waals surface area contributed by atoms with Crippen LogP contribution in [0.2, 0.25) is 0 Å². The minimum absolute atomic E-state index is 0.0391. The molecule has 0 aromatic heterocycles. The number of benzene rings is 1. The Hall–Kier alpha value is -1.88. The molecule has 1 atom stereocenters. The van der Waals surface area contributed by atoms with Crippen LogP contribution in [0.25, 0.3) is 0 Å². The molecule has 0 spiro atoms. The van der Waals surface area contributed by atoms with E-state index in [1.165, 1.54) is 0 Å². The van der Waals surface area contributed by atoms with E-state index in [1.54, 1.807) is 12.1 Å². The largest absolute Gasteiger partial charge is 0.354 e. The molecule has 0 aliphatic carbocycles. The number of amides is 2. The van der Waals surface area contributed by atoms with Crippen LogP contribution < -0.4 is 16.0 Å². The molecule has 1 saturated heterocycles. The SMILES string of the molecule is CC(C)C(NC(=O)c1ccccc1)C(=O)NCC1CNC1. The van der Waals surface area contributed by atoms with E-state index < -0.39 is 6.04 Å². The van der Waals surface area contributed by atoms with Crippen LogP contribution >= 0.6 is 0 Å². The summed E-state index contributed by atoms with van der Waals surface area (Å²) in [4.78, 5) is 24.4. The number of carbonyl (C=O) groups is 2. The Bertz CT molecular complexity index is 484. The summed E-state index contributed by atoms with van der Waals surface area (Å²) < 4.78 is 0. The summed E-state index contributed by atoms with van der Waals surface area (Å²) in [7, 11) is 0. The second-order valence-corrected chi connectivity index (χ2v) is 5.83. The molecule has 0 radical (unpaired) electrons. The maximum atomic E-state index is 12.2. The van der Waals surface area contributed by atoms with Crippen LogP contribution in [-0.4, -0.2) is 37.5 Å². The Morgan fingerprint density at radius 2 is 1.90 bits per heavy atom. The average molecular weight is 289 g/mol. The molecular weight excluding hydrogens is 266 g/mol. The Morgan fingerprint density at radius 3 is 2.43 bits per heavy atom. The number of hydrogen-bond donors (Lipinski definition) is 3. The summed E-state index contributed by atoms with van der Waals surface area (Å²) in [6, 6.07) is 8.45. The molecule has 5 heteroatoms. The van der Waals surface area contributed by atoms with Gasteiger partial charge in [0.05, 0.1) is 0 Å². The lowest BCUT2D eigenvalue weighted by molar-refractivity contribution is -0.124. The van der Waals surface area contributed by atoms with Gasteiger partial charge in [0.25, 0.3) is 5.91 Å². The predicted octanol–water partition coefficient (Wildman–Crippen LogP) is 0.777. The van der Waals surface area contributed by atoms with E-state index in [0.29, 0.717) is 18.0 Å². The minimum atomic E-state index is -0.509. The average Bonchev–Trinajstić information content (AvgIpc) is 2.43.